The van der Waals surface area contributed by atoms with Gasteiger partial charge in [0.2, 0.25) is 5.91 Å². The van der Waals surface area contributed by atoms with Gasteiger partial charge in [-0.05, 0) is 12.8 Å². The molecule has 3 N–H and O–H groups in total. The van der Waals surface area contributed by atoms with Crippen molar-refractivity contribution in [1.82, 2.24) is 10.0 Å². The van der Waals surface area contributed by atoms with Gasteiger partial charge in [-0.15, -0.1) is 0 Å². The number of rotatable bonds is 13. The molecule has 2 amide bonds. The van der Waals surface area contributed by atoms with Crippen molar-refractivity contribution in [3.8, 4) is 0 Å². The first-order valence-electron chi connectivity index (χ1n) is 7.49. The monoisotopic (exact) mass is 467 g/mol. The molecule has 0 spiro atoms. The minimum atomic E-state index is -0.0560. The maximum atomic E-state index is 11.2. The molecular formula is C14H27DyN2O3S-. The molecule has 5 nitrogen and oxygen atoms in total. The SMILES string of the molecule is O=C(CCCCCCCCCCC(=O)NCCO)N[S-].[Dy]. The average molecular weight is 466 g/mol. The Morgan fingerprint density at radius 2 is 1.24 bits per heavy atom. The Bertz CT molecular complexity index is 269. The predicted octanol–water partition coefficient (Wildman–Crippen LogP) is 1.57. The zero-order chi connectivity index (χ0) is 15.1. The normalized spacial score (nSPS) is 9.81. The summed E-state index contributed by atoms with van der Waals surface area (Å²) in [6.45, 7) is 0.349. The van der Waals surface area contributed by atoms with E-state index >= 15 is 0 Å². The zero-order valence-electron chi connectivity index (χ0n) is 12.5. The fourth-order valence-electron chi connectivity index (χ4n) is 1.97. The molecule has 0 aromatic rings. The molecule has 0 heterocycles. The van der Waals surface area contributed by atoms with Crippen molar-refractivity contribution in [2.24, 2.45) is 0 Å². The molecule has 0 saturated carbocycles. The first-order valence-corrected chi connectivity index (χ1v) is 7.90. The number of hydrogen-bond donors (Lipinski definition) is 3. The van der Waals surface area contributed by atoms with Crippen LogP contribution < -0.4 is 10.0 Å². The van der Waals surface area contributed by atoms with Crippen molar-refractivity contribution in [1.29, 1.82) is 0 Å². The van der Waals surface area contributed by atoms with Gasteiger partial charge in [-0.25, -0.2) is 0 Å². The Morgan fingerprint density at radius 3 is 1.67 bits per heavy atom. The van der Waals surface area contributed by atoms with Crippen molar-refractivity contribution in [3.63, 3.8) is 0 Å². The molecule has 0 unspecified atom stereocenters. The van der Waals surface area contributed by atoms with E-state index in [9.17, 15) is 9.59 Å². The van der Waals surface area contributed by atoms with Crippen molar-refractivity contribution in [3.05, 3.63) is 0 Å². The number of amides is 2. The Labute approximate surface area is 164 Å². The summed E-state index contributed by atoms with van der Waals surface area (Å²) < 4.78 is 2.21. The van der Waals surface area contributed by atoms with Crippen molar-refractivity contribution < 1.29 is 52.9 Å². The maximum Gasteiger partial charge on any atom is 0.220 e. The standard InChI is InChI=1S/C14H27N2O3S.Dy/c17-12-11-15-13(18)9-7-5-3-1-2-4-6-8-10-14(19)16-20;/h17H,1-12H2,(H2-,15,16,18,19,20);/q-1;. The molecule has 21 heavy (non-hydrogen) atoms. The van der Waals surface area contributed by atoms with Crippen LogP contribution in [0.3, 0.4) is 0 Å². The number of carbonyl (C=O) groups is 2. The van der Waals surface area contributed by atoms with E-state index in [0.29, 0.717) is 19.4 Å². The first kappa shape index (κ1) is 23.8. The molecule has 0 aliphatic rings. The van der Waals surface area contributed by atoms with Crippen LogP contribution in [0.4, 0.5) is 0 Å². The van der Waals surface area contributed by atoms with Crippen LogP contribution in [0.5, 0.6) is 0 Å². The van der Waals surface area contributed by atoms with E-state index in [2.05, 4.69) is 22.9 Å². The Balaban J connectivity index is 0. The summed E-state index contributed by atoms with van der Waals surface area (Å²) in [5.74, 6) is -0.0291. The summed E-state index contributed by atoms with van der Waals surface area (Å²) in [6.07, 6.45) is 9.74. The van der Waals surface area contributed by atoms with Gasteiger partial charge in [0.15, 0.2) is 5.91 Å². The Morgan fingerprint density at radius 1 is 0.810 bits per heavy atom. The second-order valence-corrected chi connectivity index (χ2v) is 5.13. The van der Waals surface area contributed by atoms with Gasteiger partial charge in [0.1, 0.15) is 0 Å². The van der Waals surface area contributed by atoms with Gasteiger partial charge in [-0.1, -0.05) is 38.5 Å². The molecule has 0 aliphatic carbocycles. The summed E-state index contributed by atoms with van der Waals surface area (Å²) >= 11 is 4.44. The minimum absolute atomic E-state index is 0. The molecule has 7 heteroatoms. The topological polar surface area (TPSA) is 78.4 Å². The first-order chi connectivity index (χ1) is 9.70. The quantitative estimate of drug-likeness (QED) is 0.285. The van der Waals surface area contributed by atoms with Crippen LogP contribution in [-0.2, 0) is 22.4 Å². The Kier molecular flexibility index (Phi) is 21.0. The number of aliphatic hydroxyl groups is 1. The van der Waals surface area contributed by atoms with Gasteiger partial charge >= 0.3 is 0 Å². The molecule has 0 rings (SSSR count). The number of nitrogens with one attached hydrogen (secondary N) is 2. The number of carbonyl (C=O) groups excluding carboxylic acids is 2. The number of hydrogen-bond acceptors (Lipinski definition) is 4. The maximum absolute atomic E-state index is 11.2. The summed E-state index contributed by atoms with van der Waals surface area (Å²) in [6, 6.07) is 0. The van der Waals surface area contributed by atoms with Gasteiger partial charge in [-0.3, -0.25) is 9.59 Å². The van der Waals surface area contributed by atoms with E-state index < -0.39 is 0 Å². The third kappa shape index (κ3) is 18.5. The molecule has 0 aliphatic heterocycles. The fraction of sp³-hybridized carbons (Fsp3) is 0.857. The average Bonchev–Trinajstić information content (AvgIpc) is 2.46. The van der Waals surface area contributed by atoms with E-state index in [1.165, 1.54) is 12.8 Å². The second kappa shape index (κ2) is 18.6. The predicted molar refractivity (Wildman–Crippen MR) is 81.8 cm³/mol. The van der Waals surface area contributed by atoms with Gasteiger partial charge in [0.25, 0.3) is 0 Å². The fourth-order valence-corrected chi connectivity index (χ4v) is 2.07. The van der Waals surface area contributed by atoms with Crippen LogP contribution in [0.2, 0.25) is 0 Å². The van der Waals surface area contributed by atoms with Crippen LogP contribution in [-0.4, -0.2) is 30.1 Å². The van der Waals surface area contributed by atoms with Gasteiger partial charge in [-0.2, -0.15) is 0 Å². The van der Waals surface area contributed by atoms with Crippen LogP contribution in [0.25, 0.3) is 0 Å². The molecule has 0 saturated heterocycles. The van der Waals surface area contributed by atoms with E-state index in [-0.39, 0.29) is 56.6 Å². The van der Waals surface area contributed by atoms with E-state index in [1.807, 2.05) is 0 Å². The molecule has 0 aromatic carbocycles. The molecule has 0 aromatic heterocycles. The van der Waals surface area contributed by atoms with Crippen LogP contribution in [0, 0.1) is 38.2 Å². The Hall–Kier alpha value is 0.523. The van der Waals surface area contributed by atoms with Crippen LogP contribution in [0.15, 0.2) is 0 Å². The molecule has 0 atom stereocenters. The third-order valence-corrected chi connectivity index (χ3v) is 3.33. The van der Waals surface area contributed by atoms with E-state index in [1.54, 1.807) is 0 Å². The smallest absolute Gasteiger partial charge is 0.220 e. The molecule has 0 radical (unpaired) electrons. The molecule has 0 fully saturated rings. The summed E-state index contributed by atoms with van der Waals surface area (Å²) in [5.41, 5.74) is 0. The van der Waals surface area contributed by atoms with Gasteiger partial charge < -0.3 is 28.0 Å². The number of unbranched alkanes of at least 4 members (excludes halogenated alkanes) is 7. The summed E-state index contributed by atoms with van der Waals surface area (Å²) in [4.78, 5) is 22.1. The zero-order valence-corrected chi connectivity index (χ0v) is 15.3. The second-order valence-electron chi connectivity index (χ2n) is 4.93. The molecular weight excluding hydrogens is 439 g/mol. The van der Waals surface area contributed by atoms with E-state index in [0.717, 1.165) is 38.5 Å². The van der Waals surface area contributed by atoms with E-state index in [4.69, 9.17) is 5.11 Å². The van der Waals surface area contributed by atoms with Crippen molar-refractivity contribution >= 4 is 24.6 Å². The van der Waals surface area contributed by atoms with Crippen LogP contribution >= 0.6 is 0 Å². The molecule has 128 valence electrons. The van der Waals surface area contributed by atoms with Crippen molar-refractivity contribution in [2.75, 3.05) is 13.2 Å². The van der Waals surface area contributed by atoms with Gasteiger partial charge in [0.05, 0.1) is 6.61 Å². The summed E-state index contributed by atoms with van der Waals surface area (Å²) in [5, 5.41) is 11.2. The largest absolute Gasteiger partial charge is 0.668 e. The third-order valence-electron chi connectivity index (χ3n) is 3.11. The minimum Gasteiger partial charge on any atom is -0.668 e. The summed E-state index contributed by atoms with van der Waals surface area (Å²) in [7, 11) is 0. The molecule has 0 bridgehead atoms. The van der Waals surface area contributed by atoms with Gasteiger partial charge in [0, 0.05) is 57.6 Å². The van der Waals surface area contributed by atoms with Crippen LogP contribution in [0.1, 0.15) is 64.2 Å². The number of aliphatic hydroxyl groups excluding tert-OH is 1. The van der Waals surface area contributed by atoms with Crippen molar-refractivity contribution in [2.45, 2.75) is 64.2 Å².